The maximum atomic E-state index is 12.7. The highest BCUT2D eigenvalue weighted by molar-refractivity contribution is 14.0. The minimum atomic E-state index is 0. The van der Waals surface area contributed by atoms with Gasteiger partial charge in [-0.1, -0.05) is 54.6 Å². The van der Waals surface area contributed by atoms with Gasteiger partial charge < -0.3 is 20.0 Å². The van der Waals surface area contributed by atoms with Gasteiger partial charge in [-0.25, -0.2) is 0 Å². The van der Waals surface area contributed by atoms with Crippen molar-refractivity contribution in [2.45, 2.75) is 6.42 Å². The lowest BCUT2D eigenvalue weighted by Crippen LogP contribution is -2.52. The Morgan fingerprint density at radius 2 is 1.56 bits per heavy atom. The highest BCUT2D eigenvalue weighted by atomic mass is 127. The molecule has 2 aliphatic rings. The van der Waals surface area contributed by atoms with Crippen molar-refractivity contribution >= 4 is 47.1 Å². The van der Waals surface area contributed by atoms with Crippen LogP contribution < -0.4 is 10.2 Å². The number of para-hydroxylation sites is 1. The molecule has 0 unspecified atom stereocenters. The van der Waals surface area contributed by atoms with Gasteiger partial charge in [0.25, 0.3) is 0 Å². The molecule has 1 fully saturated rings. The molecular formula is C25H32IN5O. The number of nitrogens with one attached hydrogen (secondary N) is 1. The fraction of sp³-hybridized carbons (Fsp3) is 0.360. The summed E-state index contributed by atoms with van der Waals surface area (Å²) in [6.07, 6.45) is 3.23. The lowest BCUT2D eigenvalue weighted by Gasteiger charge is -2.36. The van der Waals surface area contributed by atoms with Gasteiger partial charge >= 0.3 is 0 Å². The van der Waals surface area contributed by atoms with Gasteiger partial charge in [-0.05, 0) is 29.7 Å². The molecule has 2 heterocycles. The number of benzene rings is 2. The highest BCUT2D eigenvalue weighted by Gasteiger charge is 2.22. The number of piperazine rings is 1. The zero-order chi connectivity index (χ0) is 21.5. The third kappa shape index (κ3) is 6.03. The van der Waals surface area contributed by atoms with Crippen molar-refractivity contribution in [2.75, 3.05) is 57.8 Å². The molecule has 7 heteroatoms. The number of carbonyl (C=O) groups is 1. The summed E-state index contributed by atoms with van der Waals surface area (Å²) in [5, 5.41) is 3.28. The maximum absolute atomic E-state index is 12.7. The molecule has 32 heavy (non-hydrogen) atoms. The van der Waals surface area contributed by atoms with Gasteiger partial charge in [0.15, 0.2) is 5.96 Å². The first kappa shape index (κ1) is 24.1. The molecule has 0 saturated carbocycles. The minimum absolute atomic E-state index is 0. The summed E-state index contributed by atoms with van der Waals surface area (Å²) in [6.45, 7) is 5.21. The largest absolute Gasteiger partial charge is 0.368 e. The van der Waals surface area contributed by atoms with E-state index in [9.17, 15) is 4.79 Å². The first-order chi connectivity index (χ1) is 15.2. The van der Waals surface area contributed by atoms with Crippen LogP contribution in [0.15, 0.2) is 71.7 Å². The number of rotatable bonds is 4. The van der Waals surface area contributed by atoms with Crippen LogP contribution in [0.2, 0.25) is 0 Å². The van der Waals surface area contributed by atoms with E-state index in [1.165, 1.54) is 16.8 Å². The predicted molar refractivity (Wildman–Crippen MR) is 143 cm³/mol. The molecule has 6 nitrogen and oxygen atoms in total. The van der Waals surface area contributed by atoms with Crippen molar-refractivity contribution in [3.05, 3.63) is 72.3 Å². The molecule has 1 amide bonds. The molecule has 0 aliphatic carbocycles. The normalized spacial score (nSPS) is 16.8. The van der Waals surface area contributed by atoms with Crippen LogP contribution in [0.4, 0.5) is 5.69 Å². The Bertz CT molecular complexity index is 924. The van der Waals surface area contributed by atoms with E-state index in [1.807, 2.05) is 17.0 Å². The summed E-state index contributed by atoms with van der Waals surface area (Å²) in [5.41, 5.74) is 3.88. The molecule has 2 aromatic rings. The van der Waals surface area contributed by atoms with Crippen LogP contribution in [0.25, 0.3) is 5.57 Å². The molecule has 1 N–H and O–H groups in total. The molecule has 2 aromatic carbocycles. The van der Waals surface area contributed by atoms with Crippen LogP contribution in [0, 0.1) is 0 Å². The second-order valence-corrected chi connectivity index (χ2v) is 7.90. The van der Waals surface area contributed by atoms with Gasteiger partial charge in [0.05, 0.1) is 6.54 Å². The third-order valence-corrected chi connectivity index (χ3v) is 6.02. The Hall–Kier alpha value is -2.55. The number of carbonyl (C=O) groups excluding carboxylic acids is 1. The summed E-state index contributed by atoms with van der Waals surface area (Å²) in [7, 11) is 1.78. The summed E-state index contributed by atoms with van der Waals surface area (Å²) < 4.78 is 0. The van der Waals surface area contributed by atoms with Gasteiger partial charge in [-0.2, -0.15) is 0 Å². The Balaban J connectivity index is 0.00000289. The maximum Gasteiger partial charge on any atom is 0.242 e. The van der Waals surface area contributed by atoms with Crippen molar-refractivity contribution in [3.8, 4) is 0 Å². The molecule has 4 rings (SSSR count). The van der Waals surface area contributed by atoms with Crippen LogP contribution in [0.1, 0.15) is 12.0 Å². The highest BCUT2D eigenvalue weighted by Crippen LogP contribution is 2.22. The Labute approximate surface area is 208 Å². The first-order valence-corrected chi connectivity index (χ1v) is 11.0. The summed E-state index contributed by atoms with van der Waals surface area (Å²) in [4.78, 5) is 23.6. The zero-order valence-electron chi connectivity index (χ0n) is 18.6. The second-order valence-electron chi connectivity index (χ2n) is 7.90. The number of guanidine groups is 1. The second kappa shape index (κ2) is 11.9. The average Bonchev–Trinajstić information content (AvgIpc) is 2.86. The van der Waals surface area contributed by atoms with Gasteiger partial charge in [-0.3, -0.25) is 9.79 Å². The smallest absolute Gasteiger partial charge is 0.242 e. The molecule has 0 spiro atoms. The number of amides is 1. The summed E-state index contributed by atoms with van der Waals surface area (Å²) in [5.74, 6) is 0.922. The van der Waals surface area contributed by atoms with E-state index in [1.54, 1.807) is 7.05 Å². The van der Waals surface area contributed by atoms with Gasteiger partial charge in [0.1, 0.15) is 0 Å². The van der Waals surface area contributed by atoms with Gasteiger partial charge in [-0.15, -0.1) is 24.0 Å². The molecule has 1 saturated heterocycles. The van der Waals surface area contributed by atoms with E-state index in [0.29, 0.717) is 0 Å². The van der Waals surface area contributed by atoms with Gasteiger partial charge in [0, 0.05) is 52.0 Å². The Kier molecular flexibility index (Phi) is 8.96. The Morgan fingerprint density at radius 1 is 0.906 bits per heavy atom. The van der Waals surface area contributed by atoms with Gasteiger partial charge in [0.2, 0.25) is 5.91 Å². The first-order valence-electron chi connectivity index (χ1n) is 11.0. The molecule has 2 aliphatic heterocycles. The lowest BCUT2D eigenvalue weighted by molar-refractivity contribution is -0.130. The topological polar surface area (TPSA) is 51.2 Å². The van der Waals surface area contributed by atoms with E-state index in [4.69, 9.17) is 0 Å². The minimum Gasteiger partial charge on any atom is -0.368 e. The standard InChI is InChI=1S/C25H31N5O.HI/c1-26-25(30-14-12-22(13-15-30)21-8-4-2-5-9-21)27-20-24(31)29-18-16-28(17-19-29)23-10-6-3-7-11-23;/h2-12H,13-20H2,1H3,(H,26,27);1H. The van der Waals surface area contributed by atoms with Crippen LogP contribution in [0.5, 0.6) is 0 Å². The number of anilines is 1. The fourth-order valence-corrected chi connectivity index (χ4v) is 4.23. The summed E-state index contributed by atoms with van der Waals surface area (Å²) in [6, 6.07) is 20.9. The monoisotopic (exact) mass is 545 g/mol. The van der Waals surface area contributed by atoms with E-state index in [0.717, 1.165) is 51.6 Å². The van der Waals surface area contributed by atoms with Crippen molar-refractivity contribution < 1.29 is 4.79 Å². The predicted octanol–water partition coefficient (Wildman–Crippen LogP) is 3.32. The van der Waals surface area contributed by atoms with E-state index in [-0.39, 0.29) is 36.4 Å². The summed E-state index contributed by atoms with van der Waals surface area (Å²) >= 11 is 0. The molecule has 0 radical (unpaired) electrons. The lowest BCUT2D eigenvalue weighted by atomic mass is 10.00. The third-order valence-electron chi connectivity index (χ3n) is 6.02. The molecule has 170 valence electrons. The van der Waals surface area contributed by atoms with E-state index in [2.05, 4.69) is 74.7 Å². The molecule has 0 aromatic heterocycles. The number of hydrogen-bond acceptors (Lipinski definition) is 3. The van der Waals surface area contributed by atoms with Crippen molar-refractivity contribution in [3.63, 3.8) is 0 Å². The quantitative estimate of drug-likeness (QED) is 0.364. The Morgan fingerprint density at radius 3 is 2.16 bits per heavy atom. The number of halogens is 1. The average molecular weight is 545 g/mol. The number of nitrogens with zero attached hydrogens (tertiary/aromatic N) is 4. The fourth-order valence-electron chi connectivity index (χ4n) is 4.23. The van der Waals surface area contributed by atoms with Crippen LogP contribution in [0.3, 0.4) is 0 Å². The van der Waals surface area contributed by atoms with Crippen molar-refractivity contribution in [1.82, 2.24) is 15.1 Å². The van der Waals surface area contributed by atoms with E-state index >= 15 is 0 Å². The molecule has 0 bridgehead atoms. The number of hydrogen-bond donors (Lipinski definition) is 1. The van der Waals surface area contributed by atoms with Crippen LogP contribution in [-0.2, 0) is 4.79 Å². The zero-order valence-corrected chi connectivity index (χ0v) is 20.9. The van der Waals surface area contributed by atoms with Crippen LogP contribution in [-0.4, -0.2) is 74.5 Å². The molecule has 0 atom stereocenters. The van der Waals surface area contributed by atoms with Crippen LogP contribution >= 0.6 is 24.0 Å². The molecular weight excluding hydrogens is 513 g/mol. The SMILES string of the molecule is CN=C(NCC(=O)N1CCN(c2ccccc2)CC1)N1CC=C(c2ccccc2)CC1.I. The van der Waals surface area contributed by atoms with Crippen molar-refractivity contribution in [2.24, 2.45) is 4.99 Å². The number of aliphatic imine (C=N–C) groups is 1. The van der Waals surface area contributed by atoms with Crippen molar-refractivity contribution in [1.29, 1.82) is 0 Å². The van der Waals surface area contributed by atoms with E-state index < -0.39 is 0 Å².